The molecule has 1 unspecified atom stereocenters. The molecule has 0 aliphatic heterocycles. The lowest BCUT2D eigenvalue weighted by atomic mass is 10.1. The fourth-order valence-corrected chi connectivity index (χ4v) is 2.70. The van der Waals surface area contributed by atoms with Crippen molar-refractivity contribution in [2.24, 2.45) is 0 Å². The molecule has 0 spiro atoms. The first-order valence-corrected chi connectivity index (χ1v) is 8.89. The average Bonchev–Trinajstić information content (AvgIpc) is 2.72. The van der Waals surface area contributed by atoms with E-state index in [4.69, 9.17) is 4.74 Å². The Labute approximate surface area is 165 Å². The summed E-state index contributed by atoms with van der Waals surface area (Å²) in [6.07, 6.45) is 3.18. The van der Waals surface area contributed by atoms with Crippen molar-refractivity contribution in [2.45, 2.75) is 6.04 Å². The van der Waals surface area contributed by atoms with Crippen molar-refractivity contribution in [1.82, 2.24) is 10.2 Å². The summed E-state index contributed by atoms with van der Waals surface area (Å²) in [5.41, 5.74) is 2.38. The van der Waals surface area contributed by atoms with Crippen LogP contribution in [0.25, 0.3) is 6.08 Å². The van der Waals surface area contributed by atoms with Crippen LogP contribution in [0.3, 0.4) is 0 Å². The predicted octanol–water partition coefficient (Wildman–Crippen LogP) is 2.91. The number of ether oxygens (including phenoxy) is 2. The highest BCUT2D eigenvalue weighted by molar-refractivity contribution is 5.92. The molecule has 0 saturated heterocycles. The van der Waals surface area contributed by atoms with Gasteiger partial charge in [-0.3, -0.25) is 4.79 Å². The van der Waals surface area contributed by atoms with Crippen molar-refractivity contribution in [3.8, 4) is 5.75 Å². The second-order valence-electron chi connectivity index (χ2n) is 6.44. The summed E-state index contributed by atoms with van der Waals surface area (Å²) in [5, 5.41) is 2.93. The van der Waals surface area contributed by atoms with Gasteiger partial charge >= 0.3 is 5.97 Å². The fourth-order valence-electron chi connectivity index (χ4n) is 2.70. The molecule has 1 atom stereocenters. The molecule has 6 nitrogen and oxygen atoms in total. The summed E-state index contributed by atoms with van der Waals surface area (Å²) in [4.78, 5) is 25.7. The number of methoxy groups -OCH3 is 2. The highest BCUT2D eigenvalue weighted by Crippen LogP contribution is 2.20. The molecule has 0 aliphatic carbocycles. The Morgan fingerprint density at radius 2 is 1.68 bits per heavy atom. The van der Waals surface area contributed by atoms with E-state index in [2.05, 4.69) is 15.0 Å². The molecule has 2 aromatic rings. The van der Waals surface area contributed by atoms with Gasteiger partial charge in [0.1, 0.15) is 5.75 Å². The molecule has 148 valence electrons. The van der Waals surface area contributed by atoms with Gasteiger partial charge in [0.25, 0.3) is 0 Å². The Kier molecular flexibility index (Phi) is 7.77. The zero-order chi connectivity index (χ0) is 20.5. The van der Waals surface area contributed by atoms with E-state index in [1.54, 1.807) is 37.5 Å². The lowest BCUT2D eigenvalue weighted by Crippen LogP contribution is -2.33. The third-order valence-corrected chi connectivity index (χ3v) is 4.35. The number of rotatable bonds is 8. The Bertz CT molecular complexity index is 811. The van der Waals surface area contributed by atoms with Crippen molar-refractivity contribution in [2.75, 3.05) is 34.9 Å². The normalized spacial score (nSPS) is 12.0. The van der Waals surface area contributed by atoms with Crippen molar-refractivity contribution in [3.05, 3.63) is 71.3 Å². The van der Waals surface area contributed by atoms with Crippen LogP contribution < -0.4 is 10.1 Å². The number of benzene rings is 2. The van der Waals surface area contributed by atoms with Crippen molar-refractivity contribution in [1.29, 1.82) is 0 Å². The largest absolute Gasteiger partial charge is 0.497 e. The van der Waals surface area contributed by atoms with Crippen LogP contribution >= 0.6 is 0 Å². The van der Waals surface area contributed by atoms with Gasteiger partial charge in [0, 0.05) is 12.6 Å². The molecule has 0 radical (unpaired) electrons. The van der Waals surface area contributed by atoms with Gasteiger partial charge in [-0.05, 0) is 55.6 Å². The van der Waals surface area contributed by atoms with Gasteiger partial charge in [0.2, 0.25) is 5.91 Å². The van der Waals surface area contributed by atoms with Gasteiger partial charge < -0.3 is 19.7 Å². The fraction of sp³-hybridized carbons (Fsp3) is 0.273. The highest BCUT2D eigenvalue weighted by atomic mass is 16.5. The maximum Gasteiger partial charge on any atom is 0.337 e. The van der Waals surface area contributed by atoms with Crippen molar-refractivity contribution >= 4 is 18.0 Å². The molecule has 0 saturated carbocycles. The number of hydrogen-bond acceptors (Lipinski definition) is 5. The minimum atomic E-state index is -0.387. The Morgan fingerprint density at radius 3 is 2.21 bits per heavy atom. The molecule has 0 fully saturated rings. The standard InChI is InChI=1S/C22H26N2O4/c1-24(2)20(17-10-12-19(27-3)13-11-17)15-23-21(25)14-7-16-5-8-18(9-6-16)22(26)28-4/h5-14,20H,15H2,1-4H3,(H,23,25)/b14-7+. The van der Waals surface area contributed by atoms with Gasteiger partial charge in [0.15, 0.2) is 0 Å². The Hall–Kier alpha value is -3.12. The SMILES string of the molecule is COC(=O)c1ccc(/C=C/C(=O)NCC(c2ccc(OC)cc2)N(C)C)cc1. The van der Waals surface area contributed by atoms with E-state index >= 15 is 0 Å². The molecule has 0 aromatic heterocycles. The topological polar surface area (TPSA) is 67.9 Å². The van der Waals surface area contributed by atoms with Gasteiger partial charge in [0.05, 0.1) is 25.8 Å². The summed E-state index contributed by atoms with van der Waals surface area (Å²) < 4.78 is 9.86. The van der Waals surface area contributed by atoms with Crippen molar-refractivity contribution in [3.63, 3.8) is 0 Å². The van der Waals surface area contributed by atoms with E-state index in [1.807, 2.05) is 38.4 Å². The van der Waals surface area contributed by atoms with E-state index in [1.165, 1.54) is 13.2 Å². The molecule has 0 aliphatic rings. The number of amides is 1. The number of likely N-dealkylation sites (N-methyl/N-ethyl adjacent to an activating group) is 1. The average molecular weight is 382 g/mol. The maximum atomic E-state index is 12.2. The van der Waals surface area contributed by atoms with Crippen LogP contribution in [-0.2, 0) is 9.53 Å². The molecule has 2 aromatic carbocycles. The zero-order valence-electron chi connectivity index (χ0n) is 16.6. The highest BCUT2D eigenvalue weighted by Gasteiger charge is 2.14. The lowest BCUT2D eigenvalue weighted by molar-refractivity contribution is -0.116. The van der Waals surface area contributed by atoms with Crippen LogP contribution in [0.15, 0.2) is 54.6 Å². The van der Waals surface area contributed by atoms with Crippen LogP contribution in [0.1, 0.15) is 27.5 Å². The minimum Gasteiger partial charge on any atom is -0.497 e. The number of carbonyl (C=O) groups is 2. The van der Waals surface area contributed by atoms with Crippen LogP contribution in [0.2, 0.25) is 0 Å². The van der Waals surface area contributed by atoms with Crippen LogP contribution in [0.5, 0.6) is 5.75 Å². The van der Waals surface area contributed by atoms with Crippen LogP contribution in [0, 0.1) is 0 Å². The second kappa shape index (κ2) is 10.3. The van der Waals surface area contributed by atoms with E-state index in [9.17, 15) is 9.59 Å². The molecular weight excluding hydrogens is 356 g/mol. The summed E-state index contributed by atoms with van der Waals surface area (Å²) in [6, 6.07) is 14.7. The first-order valence-electron chi connectivity index (χ1n) is 8.89. The van der Waals surface area contributed by atoms with E-state index in [-0.39, 0.29) is 17.9 Å². The lowest BCUT2D eigenvalue weighted by Gasteiger charge is -2.25. The van der Waals surface area contributed by atoms with E-state index in [0.29, 0.717) is 12.1 Å². The van der Waals surface area contributed by atoms with Gasteiger partial charge in [-0.2, -0.15) is 0 Å². The van der Waals surface area contributed by atoms with Crippen LogP contribution in [-0.4, -0.2) is 51.6 Å². The molecule has 28 heavy (non-hydrogen) atoms. The number of nitrogens with one attached hydrogen (secondary N) is 1. The van der Waals surface area contributed by atoms with Gasteiger partial charge in [-0.1, -0.05) is 24.3 Å². The second-order valence-corrected chi connectivity index (χ2v) is 6.44. The molecule has 0 bridgehead atoms. The molecule has 6 heteroatoms. The first kappa shape index (κ1) is 21.2. The van der Waals surface area contributed by atoms with Gasteiger partial charge in [-0.15, -0.1) is 0 Å². The predicted molar refractivity (Wildman–Crippen MR) is 109 cm³/mol. The summed E-state index contributed by atoms with van der Waals surface area (Å²) in [5.74, 6) is 0.227. The van der Waals surface area contributed by atoms with E-state index < -0.39 is 0 Å². The molecular formula is C22H26N2O4. The minimum absolute atomic E-state index is 0.0441. The third-order valence-electron chi connectivity index (χ3n) is 4.35. The molecule has 0 heterocycles. The maximum absolute atomic E-state index is 12.2. The van der Waals surface area contributed by atoms with Crippen LogP contribution in [0.4, 0.5) is 0 Å². The first-order chi connectivity index (χ1) is 13.4. The number of nitrogens with zero attached hydrogens (tertiary/aromatic N) is 1. The molecule has 2 rings (SSSR count). The number of esters is 1. The monoisotopic (exact) mass is 382 g/mol. The quantitative estimate of drug-likeness (QED) is 0.562. The van der Waals surface area contributed by atoms with Crippen molar-refractivity contribution < 1.29 is 19.1 Å². The van der Waals surface area contributed by atoms with Gasteiger partial charge in [-0.25, -0.2) is 4.79 Å². The smallest absolute Gasteiger partial charge is 0.337 e. The Balaban J connectivity index is 1.95. The number of hydrogen-bond donors (Lipinski definition) is 1. The summed E-state index contributed by atoms with van der Waals surface area (Å²) in [6.45, 7) is 0.476. The molecule has 1 N–H and O–H groups in total. The summed E-state index contributed by atoms with van der Waals surface area (Å²) in [7, 11) is 6.92. The third kappa shape index (κ3) is 5.96. The molecule has 1 amide bonds. The summed E-state index contributed by atoms with van der Waals surface area (Å²) >= 11 is 0. The van der Waals surface area contributed by atoms with E-state index in [0.717, 1.165) is 16.9 Å². The number of carbonyl (C=O) groups excluding carboxylic acids is 2. The zero-order valence-corrected chi connectivity index (χ0v) is 16.6. The Morgan fingerprint density at radius 1 is 1.04 bits per heavy atom.